The lowest BCUT2D eigenvalue weighted by atomic mass is 9.97. The summed E-state index contributed by atoms with van der Waals surface area (Å²) in [5.74, 6) is 2.03. The first-order valence-corrected chi connectivity index (χ1v) is 19.5. The molecule has 7 aromatic carbocycles. The quantitative estimate of drug-likeness (QED) is 0.160. The van der Waals surface area contributed by atoms with Crippen LogP contribution in [0.15, 0.2) is 188 Å². The normalized spacial score (nSPS) is 12.8. The molecule has 10 aromatic rings. The van der Waals surface area contributed by atoms with Crippen molar-refractivity contribution in [3.8, 4) is 50.8 Å². The van der Waals surface area contributed by atoms with Gasteiger partial charge in [0, 0.05) is 44.1 Å². The largest absolute Gasteiger partial charge is 0.307 e. The van der Waals surface area contributed by atoms with Crippen molar-refractivity contribution in [2.45, 2.75) is 12.8 Å². The molecule has 0 radical (unpaired) electrons. The number of hydrogen-bond acceptors (Lipinski definition) is 4. The fraction of sp³-hybridized carbons (Fsp3) is 0.0385. The van der Waals surface area contributed by atoms with Gasteiger partial charge in [-0.3, -0.25) is 0 Å². The van der Waals surface area contributed by atoms with Crippen LogP contribution in [0.3, 0.4) is 0 Å². The van der Waals surface area contributed by atoms with E-state index in [-0.39, 0.29) is 0 Å². The van der Waals surface area contributed by atoms with Crippen LogP contribution in [0.25, 0.3) is 99.9 Å². The number of allylic oxidation sites excluding steroid dienone is 4. The first-order valence-electron chi connectivity index (χ1n) is 19.5. The SMILES string of the molecule is C1=CC(c2nc(-c3ccccc3)nc(-c3ccc(-c4ccc(-c5nc6ccc7ccccc7c6c6c7ccccc7n(-c7ccccc7)c56)cc4)cc3)n2)=CCC1. The van der Waals surface area contributed by atoms with Gasteiger partial charge in [0.05, 0.1) is 22.2 Å². The summed E-state index contributed by atoms with van der Waals surface area (Å²) < 4.78 is 2.39. The van der Waals surface area contributed by atoms with Crippen LogP contribution in [-0.2, 0) is 0 Å². The highest BCUT2D eigenvalue weighted by Gasteiger charge is 2.22. The number of aromatic nitrogens is 5. The first-order chi connectivity index (χ1) is 28.3. The molecule has 0 unspecified atom stereocenters. The van der Waals surface area contributed by atoms with Crippen molar-refractivity contribution >= 4 is 49.1 Å². The van der Waals surface area contributed by atoms with E-state index in [1.54, 1.807) is 0 Å². The number of nitrogens with zero attached hydrogens (tertiary/aromatic N) is 5. The monoisotopic (exact) mass is 729 g/mol. The summed E-state index contributed by atoms with van der Waals surface area (Å²) in [5.41, 5.74) is 11.6. The summed E-state index contributed by atoms with van der Waals surface area (Å²) in [6.07, 6.45) is 8.53. The average molecular weight is 730 g/mol. The molecule has 0 amide bonds. The number of benzene rings is 7. The van der Waals surface area contributed by atoms with Crippen LogP contribution in [-0.4, -0.2) is 24.5 Å². The molecule has 3 aromatic heterocycles. The molecule has 5 nitrogen and oxygen atoms in total. The van der Waals surface area contributed by atoms with Crippen LogP contribution in [0.1, 0.15) is 18.7 Å². The number of hydrogen-bond donors (Lipinski definition) is 0. The van der Waals surface area contributed by atoms with Gasteiger partial charge in [-0.2, -0.15) is 0 Å². The molecule has 0 bridgehead atoms. The number of pyridine rings is 1. The minimum Gasteiger partial charge on any atom is -0.307 e. The van der Waals surface area contributed by atoms with Gasteiger partial charge in [0.1, 0.15) is 0 Å². The second-order valence-electron chi connectivity index (χ2n) is 14.5. The standard InChI is InChI=1S/C52H35N5/c1-4-15-38(16-5-1)50-54-51(39-17-6-2-7-18-39)56-52(55-50)40-30-26-35(27-31-40)34-24-28-37(29-25-34)48-49-47(46-42-21-11-10-14-36(42)32-33-44(46)53-48)43-22-12-13-23-45(43)57(49)41-19-8-3-9-20-41/h1,3-6,8-33H,2,7H2. The van der Waals surface area contributed by atoms with Gasteiger partial charge in [-0.05, 0) is 59.0 Å². The Balaban J connectivity index is 1.03. The minimum absolute atomic E-state index is 0.661. The maximum atomic E-state index is 5.47. The maximum absolute atomic E-state index is 5.47. The lowest BCUT2D eigenvalue weighted by molar-refractivity contribution is 1.01. The van der Waals surface area contributed by atoms with Gasteiger partial charge in [0.2, 0.25) is 0 Å². The molecule has 0 aliphatic heterocycles. The van der Waals surface area contributed by atoms with Gasteiger partial charge in [-0.15, -0.1) is 0 Å². The molecule has 268 valence electrons. The molecule has 1 aliphatic rings. The highest BCUT2D eigenvalue weighted by molar-refractivity contribution is 6.29. The maximum Gasteiger partial charge on any atom is 0.164 e. The molecular formula is C52H35N5. The molecule has 57 heavy (non-hydrogen) atoms. The first kappa shape index (κ1) is 32.9. The zero-order chi connectivity index (χ0) is 37.7. The van der Waals surface area contributed by atoms with Crippen LogP contribution >= 0.6 is 0 Å². The zero-order valence-electron chi connectivity index (χ0n) is 31.0. The molecule has 1 aliphatic carbocycles. The third-order valence-corrected chi connectivity index (χ3v) is 11.1. The summed E-state index contributed by atoms with van der Waals surface area (Å²) in [5, 5.41) is 6.04. The van der Waals surface area contributed by atoms with E-state index in [0.717, 1.165) is 74.2 Å². The van der Waals surface area contributed by atoms with E-state index < -0.39 is 0 Å². The van der Waals surface area contributed by atoms with Gasteiger partial charge >= 0.3 is 0 Å². The lowest BCUT2D eigenvalue weighted by Gasteiger charge is -2.14. The highest BCUT2D eigenvalue weighted by atomic mass is 15.0. The van der Waals surface area contributed by atoms with Crippen LogP contribution in [0.4, 0.5) is 0 Å². The molecule has 0 fully saturated rings. The van der Waals surface area contributed by atoms with E-state index in [0.29, 0.717) is 17.5 Å². The smallest absolute Gasteiger partial charge is 0.164 e. The van der Waals surface area contributed by atoms with E-state index in [1.807, 2.05) is 30.3 Å². The molecule has 0 saturated carbocycles. The molecular weight excluding hydrogens is 695 g/mol. The van der Waals surface area contributed by atoms with E-state index in [4.69, 9.17) is 19.9 Å². The van der Waals surface area contributed by atoms with Crippen molar-refractivity contribution in [3.63, 3.8) is 0 Å². The van der Waals surface area contributed by atoms with Crippen LogP contribution in [0, 0.1) is 0 Å². The van der Waals surface area contributed by atoms with Crippen molar-refractivity contribution in [1.82, 2.24) is 24.5 Å². The van der Waals surface area contributed by atoms with E-state index in [1.165, 1.54) is 26.9 Å². The molecule has 0 spiro atoms. The van der Waals surface area contributed by atoms with Crippen molar-refractivity contribution in [2.75, 3.05) is 0 Å². The summed E-state index contributed by atoms with van der Waals surface area (Å²) in [6.45, 7) is 0. The van der Waals surface area contributed by atoms with Gasteiger partial charge < -0.3 is 4.57 Å². The molecule has 11 rings (SSSR count). The molecule has 5 heteroatoms. The summed E-state index contributed by atoms with van der Waals surface area (Å²) in [6, 6.07) is 59.9. The summed E-state index contributed by atoms with van der Waals surface area (Å²) in [7, 11) is 0. The van der Waals surface area contributed by atoms with Crippen molar-refractivity contribution in [1.29, 1.82) is 0 Å². The Bertz CT molecular complexity index is 3200. The molecule has 0 atom stereocenters. The molecule has 0 saturated heterocycles. The fourth-order valence-corrected chi connectivity index (χ4v) is 8.32. The Morgan fingerprint density at radius 3 is 1.74 bits per heavy atom. The van der Waals surface area contributed by atoms with Crippen molar-refractivity contribution < 1.29 is 0 Å². The van der Waals surface area contributed by atoms with Crippen molar-refractivity contribution in [2.24, 2.45) is 0 Å². The molecule has 3 heterocycles. The van der Waals surface area contributed by atoms with Gasteiger partial charge in [0.15, 0.2) is 17.5 Å². The van der Waals surface area contributed by atoms with Gasteiger partial charge in [-0.1, -0.05) is 164 Å². The van der Waals surface area contributed by atoms with E-state index >= 15 is 0 Å². The fourth-order valence-electron chi connectivity index (χ4n) is 8.32. The Morgan fingerprint density at radius 1 is 0.421 bits per heavy atom. The number of para-hydroxylation sites is 2. The third-order valence-electron chi connectivity index (χ3n) is 11.1. The average Bonchev–Trinajstić information content (AvgIpc) is 3.65. The van der Waals surface area contributed by atoms with Crippen LogP contribution in [0.5, 0.6) is 0 Å². The van der Waals surface area contributed by atoms with E-state index in [9.17, 15) is 0 Å². The second kappa shape index (κ2) is 13.7. The minimum atomic E-state index is 0.661. The number of rotatable bonds is 6. The van der Waals surface area contributed by atoms with Crippen LogP contribution < -0.4 is 0 Å². The second-order valence-corrected chi connectivity index (χ2v) is 14.5. The van der Waals surface area contributed by atoms with Gasteiger partial charge in [-0.25, -0.2) is 19.9 Å². The Morgan fingerprint density at radius 2 is 1.02 bits per heavy atom. The topological polar surface area (TPSA) is 56.5 Å². The van der Waals surface area contributed by atoms with Gasteiger partial charge in [0.25, 0.3) is 0 Å². The van der Waals surface area contributed by atoms with Crippen LogP contribution in [0.2, 0.25) is 0 Å². The predicted molar refractivity (Wildman–Crippen MR) is 235 cm³/mol. The zero-order valence-corrected chi connectivity index (χ0v) is 31.0. The van der Waals surface area contributed by atoms with E-state index in [2.05, 4.69) is 162 Å². The summed E-state index contributed by atoms with van der Waals surface area (Å²) in [4.78, 5) is 20.3. The highest BCUT2D eigenvalue weighted by Crippen LogP contribution is 2.43. The Kier molecular flexibility index (Phi) is 7.88. The predicted octanol–water partition coefficient (Wildman–Crippen LogP) is 13.1. The molecule has 0 N–H and O–H groups in total. The third kappa shape index (κ3) is 5.71. The summed E-state index contributed by atoms with van der Waals surface area (Å²) >= 11 is 0. The Labute approximate surface area is 330 Å². The Hall–Kier alpha value is -7.50. The number of fused-ring (bicyclic) bond motifs is 7. The lowest BCUT2D eigenvalue weighted by Crippen LogP contribution is -2.03. The van der Waals surface area contributed by atoms with Crippen molar-refractivity contribution in [3.05, 3.63) is 194 Å².